The average molecular weight is 647 g/mol. The molecule has 2 aliphatic carbocycles. The summed E-state index contributed by atoms with van der Waals surface area (Å²) in [5.74, 6) is -8.47. The maximum Gasteiger partial charge on any atom is 0.338 e. The van der Waals surface area contributed by atoms with E-state index in [-0.39, 0.29) is 5.56 Å². The molecule has 46 heavy (non-hydrogen) atoms. The molecule has 1 aromatic rings. The second-order valence-electron chi connectivity index (χ2n) is 12.3. The van der Waals surface area contributed by atoms with Crippen molar-refractivity contribution in [3.8, 4) is 0 Å². The maximum atomic E-state index is 14.8. The van der Waals surface area contributed by atoms with Gasteiger partial charge < -0.3 is 33.2 Å². The lowest BCUT2D eigenvalue weighted by Gasteiger charge is -2.64. The molecule has 0 unspecified atom stereocenters. The molecule has 3 fully saturated rings. The minimum absolute atomic E-state index is 0.0591. The Bertz CT molecular complexity index is 1440. The van der Waals surface area contributed by atoms with Gasteiger partial charge in [-0.25, -0.2) is 4.79 Å². The van der Waals surface area contributed by atoms with Gasteiger partial charge in [0, 0.05) is 40.5 Å². The first kappa shape index (κ1) is 34.5. The highest BCUT2D eigenvalue weighted by Gasteiger charge is 2.87. The number of hydrogen-bond acceptors (Lipinski definition) is 14. The summed E-state index contributed by atoms with van der Waals surface area (Å²) in [5.41, 5.74) is -5.67. The van der Waals surface area contributed by atoms with Crippen LogP contribution in [0.4, 0.5) is 0 Å². The van der Waals surface area contributed by atoms with Gasteiger partial charge in [0.1, 0.15) is 29.8 Å². The fourth-order valence-corrected chi connectivity index (χ4v) is 7.55. The molecule has 1 saturated heterocycles. The summed E-state index contributed by atoms with van der Waals surface area (Å²) in [6.07, 6.45) is -8.28. The predicted octanol–water partition coefficient (Wildman–Crippen LogP) is 1.88. The molecule has 2 saturated carbocycles. The van der Waals surface area contributed by atoms with Crippen LogP contribution < -0.4 is 0 Å². The number of carbonyl (C=O) groups is 7. The Morgan fingerprint density at radius 3 is 1.76 bits per heavy atom. The summed E-state index contributed by atoms with van der Waals surface area (Å²) < 4.78 is 41.4. The van der Waals surface area contributed by atoms with E-state index in [0.29, 0.717) is 0 Å². The average Bonchev–Trinajstić information content (AvgIpc) is 3.14. The third kappa shape index (κ3) is 5.63. The van der Waals surface area contributed by atoms with Crippen LogP contribution in [-0.2, 0) is 61.9 Å². The van der Waals surface area contributed by atoms with E-state index in [4.69, 9.17) is 33.2 Å². The molecule has 1 heterocycles. The second-order valence-corrected chi connectivity index (χ2v) is 12.3. The van der Waals surface area contributed by atoms with Crippen LogP contribution in [0.2, 0.25) is 0 Å². The Morgan fingerprint density at radius 2 is 1.24 bits per heavy atom. The standard InChI is InChI=1S/C32H38O14/c1-15-24(41-17(3)34)25(42-18(4)35)28(44-20(6)37)31(14-40-16(2)33)27(45-29(39)21-12-10-9-11-13-21)23(38)22-26(43-19(5)36)32(15,31)46-30(22,7)8/h9-13,15,22,24-28H,14H2,1-8H3/t15-,22-,24-,25+,26-,27-,28+,31-,32-/m1/s1. The van der Waals surface area contributed by atoms with Gasteiger partial charge in [0.25, 0.3) is 0 Å². The third-order valence-electron chi connectivity index (χ3n) is 8.90. The van der Waals surface area contributed by atoms with Crippen molar-refractivity contribution < 1.29 is 66.7 Å². The number of hydrogen-bond donors (Lipinski definition) is 0. The van der Waals surface area contributed by atoms with Gasteiger partial charge in [-0.1, -0.05) is 25.1 Å². The van der Waals surface area contributed by atoms with Gasteiger partial charge >= 0.3 is 35.8 Å². The highest BCUT2D eigenvalue weighted by atomic mass is 16.6. The van der Waals surface area contributed by atoms with E-state index in [2.05, 4.69) is 0 Å². The number of ether oxygens (including phenoxy) is 7. The van der Waals surface area contributed by atoms with Crippen LogP contribution >= 0.6 is 0 Å². The maximum absolute atomic E-state index is 14.8. The molecule has 0 N–H and O–H groups in total. The fourth-order valence-electron chi connectivity index (χ4n) is 7.55. The molecule has 0 aromatic heterocycles. The Labute approximate surface area is 265 Å². The van der Waals surface area contributed by atoms with E-state index in [1.165, 1.54) is 19.1 Å². The van der Waals surface area contributed by atoms with Gasteiger partial charge in [-0.15, -0.1) is 0 Å². The van der Waals surface area contributed by atoms with Gasteiger partial charge in [-0.2, -0.15) is 0 Å². The number of fused-ring (bicyclic) bond motifs is 1. The van der Waals surface area contributed by atoms with Crippen molar-refractivity contribution in [2.75, 3.05) is 6.61 Å². The first-order valence-corrected chi connectivity index (χ1v) is 14.7. The van der Waals surface area contributed by atoms with Crippen LogP contribution in [0.5, 0.6) is 0 Å². The predicted molar refractivity (Wildman–Crippen MR) is 152 cm³/mol. The minimum atomic E-state index is -2.24. The lowest BCUT2D eigenvalue weighted by molar-refractivity contribution is -0.333. The largest absolute Gasteiger partial charge is 0.465 e. The molecule has 0 radical (unpaired) electrons. The summed E-state index contributed by atoms with van der Waals surface area (Å²) in [6.45, 7) is 9.26. The van der Waals surface area contributed by atoms with Gasteiger partial charge in [0.15, 0.2) is 24.1 Å². The Hall–Kier alpha value is -4.33. The Balaban J connectivity index is 2.15. The Morgan fingerprint density at radius 1 is 0.717 bits per heavy atom. The highest BCUT2D eigenvalue weighted by molar-refractivity contribution is 5.96. The molecule has 1 aromatic carbocycles. The molecule has 2 bridgehead atoms. The molecule has 0 amide bonds. The SMILES string of the molecule is CC(=O)OC[C@]12[C@H](OC(=O)c3ccccc3)C(=O)[C@@H]3[C@@H](OC(C)=O)[C@]1(OC3(C)C)[C@H](C)[C@@H](OC(C)=O)[C@H](OC(C)=O)[C@@H]2OC(C)=O. The molecule has 3 aliphatic rings. The van der Waals surface area contributed by atoms with Crippen LogP contribution in [0, 0.1) is 17.3 Å². The summed E-state index contributed by atoms with van der Waals surface area (Å²) in [7, 11) is 0. The molecular weight excluding hydrogens is 608 g/mol. The zero-order chi connectivity index (χ0) is 34.4. The van der Waals surface area contributed by atoms with E-state index in [9.17, 15) is 33.6 Å². The molecule has 1 spiro atoms. The van der Waals surface area contributed by atoms with Crippen molar-refractivity contribution in [3.63, 3.8) is 0 Å². The van der Waals surface area contributed by atoms with E-state index >= 15 is 0 Å². The van der Waals surface area contributed by atoms with Crippen LogP contribution in [0.25, 0.3) is 0 Å². The number of esters is 6. The van der Waals surface area contributed by atoms with Crippen molar-refractivity contribution >= 4 is 41.6 Å². The van der Waals surface area contributed by atoms with Crippen LogP contribution in [0.1, 0.15) is 65.7 Å². The van der Waals surface area contributed by atoms with Crippen molar-refractivity contribution in [1.82, 2.24) is 0 Å². The van der Waals surface area contributed by atoms with Crippen molar-refractivity contribution in [1.29, 1.82) is 0 Å². The molecular formula is C32H38O14. The minimum Gasteiger partial charge on any atom is -0.465 e. The van der Waals surface area contributed by atoms with Crippen molar-refractivity contribution in [2.45, 2.75) is 97.1 Å². The van der Waals surface area contributed by atoms with Gasteiger partial charge in [0.2, 0.25) is 0 Å². The van der Waals surface area contributed by atoms with Gasteiger partial charge in [-0.05, 0) is 26.0 Å². The number of rotatable bonds is 8. The molecule has 1 aliphatic heterocycles. The van der Waals surface area contributed by atoms with E-state index in [0.717, 1.165) is 34.6 Å². The smallest absolute Gasteiger partial charge is 0.338 e. The fraction of sp³-hybridized carbons (Fsp3) is 0.594. The van der Waals surface area contributed by atoms with Gasteiger partial charge in [0.05, 0.1) is 17.1 Å². The summed E-state index contributed by atoms with van der Waals surface area (Å²) in [6, 6.07) is 7.72. The molecule has 14 heteroatoms. The van der Waals surface area contributed by atoms with Crippen LogP contribution in [0.15, 0.2) is 30.3 Å². The summed E-state index contributed by atoms with van der Waals surface area (Å²) >= 11 is 0. The van der Waals surface area contributed by atoms with Crippen LogP contribution in [0.3, 0.4) is 0 Å². The van der Waals surface area contributed by atoms with E-state index < -0.39 is 107 Å². The quantitative estimate of drug-likeness (QED) is 0.295. The lowest BCUT2D eigenvalue weighted by Crippen LogP contribution is -2.83. The summed E-state index contributed by atoms with van der Waals surface area (Å²) in [5, 5.41) is 0. The first-order chi connectivity index (χ1) is 21.4. The third-order valence-corrected chi connectivity index (χ3v) is 8.90. The van der Waals surface area contributed by atoms with E-state index in [1.54, 1.807) is 32.0 Å². The molecule has 4 rings (SSSR count). The molecule has 14 nitrogen and oxygen atoms in total. The van der Waals surface area contributed by atoms with Gasteiger partial charge in [-0.3, -0.25) is 28.8 Å². The first-order valence-electron chi connectivity index (χ1n) is 14.7. The molecule has 9 atom stereocenters. The normalized spacial score (nSPS) is 33.9. The van der Waals surface area contributed by atoms with E-state index in [1.807, 2.05) is 0 Å². The zero-order valence-electron chi connectivity index (χ0n) is 26.9. The Kier molecular flexibility index (Phi) is 9.36. The monoisotopic (exact) mass is 646 g/mol. The number of benzene rings is 1. The van der Waals surface area contributed by atoms with Crippen molar-refractivity contribution in [2.24, 2.45) is 17.3 Å². The topological polar surface area (TPSA) is 184 Å². The number of carbonyl (C=O) groups excluding carboxylic acids is 7. The second kappa shape index (κ2) is 12.5. The number of Topliss-reactive ketones (excluding diaryl/α,β-unsaturated/α-hetero) is 1. The molecule has 250 valence electrons. The number of ketones is 1. The van der Waals surface area contributed by atoms with Crippen molar-refractivity contribution in [3.05, 3.63) is 35.9 Å². The lowest BCUT2D eigenvalue weighted by atomic mass is 9.46. The highest BCUT2D eigenvalue weighted by Crippen LogP contribution is 2.67. The van der Waals surface area contributed by atoms with Crippen LogP contribution in [-0.4, -0.2) is 89.9 Å². The summed E-state index contributed by atoms with van der Waals surface area (Å²) in [4.78, 5) is 91.4. The zero-order valence-corrected chi connectivity index (χ0v) is 26.9.